The van der Waals surface area contributed by atoms with Gasteiger partial charge in [0.1, 0.15) is 0 Å². The molecule has 0 aliphatic carbocycles. The third-order valence-electron chi connectivity index (χ3n) is 3.50. The van der Waals surface area contributed by atoms with Crippen LogP contribution in [-0.4, -0.2) is 24.7 Å². The Kier molecular flexibility index (Phi) is 3.48. The van der Waals surface area contributed by atoms with E-state index in [4.69, 9.17) is 4.74 Å². The first-order valence-electron chi connectivity index (χ1n) is 6.51. The molecule has 0 atom stereocenters. The van der Waals surface area contributed by atoms with Gasteiger partial charge in [-0.05, 0) is 37.3 Å². The molecule has 0 bridgehead atoms. The number of hydrogen-bond acceptors (Lipinski definition) is 4. The Bertz CT molecular complexity index is 532. The molecule has 2 heterocycles. The Morgan fingerprint density at radius 1 is 1.39 bits per heavy atom. The van der Waals surface area contributed by atoms with Gasteiger partial charge in [-0.15, -0.1) is 0 Å². The second-order valence-corrected chi connectivity index (χ2v) is 5.91. The van der Waals surface area contributed by atoms with Crippen molar-refractivity contribution in [1.29, 1.82) is 0 Å². The standard InChI is InChI=1S/C14H18N2OS/c1-10-3-2-4-12-13(10)16-14(18-12)15-9-11-5-7-17-8-6-11/h2-4,11H,5-9H2,1H3,(H,15,16). The van der Waals surface area contributed by atoms with Crippen LogP contribution >= 0.6 is 11.3 Å². The Labute approximate surface area is 111 Å². The summed E-state index contributed by atoms with van der Waals surface area (Å²) in [6, 6.07) is 6.35. The third-order valence-corrected chi connectivity index (χ3v) is 4.48. The normalized spacial score (nSPS) is 17.2. The summed E-state index contributed by atoms with van der Waals surface area (Å²) in [5.41, 5.74) is 2.39. The topological polar surface area (TPSA) is 34.1 Å². The fourth-order valence-corrected chi connectivity index (χ4v) is 3.29. The van der Waals surface area contributed by atoms with Crippen LogP contribution in [0.2, 0.25) is 0 Å². The Balaban J connectivity index is 1.69. The molecule has 0 amide bonds. The van der Waals surface area contributed by atoms with Gasteiger partial charge in [-0.3, -0.25) is 0 Å². The quantitative estimate of drug-likeness (QED) is 0.920. The van der Waals surface area contributed by atoms with E-state index in [1.165, 1.54) is 10.3 Å². The van der Waals surface area contributed by atoms with E-state index < -0.39 is 0 Å². The van der Waals surface area contributed by atoms with Crippen molar-refractivity contribution in [3.05, 3.63) is 23.8 Å². The molecule has 1 saturated heterocycles. The van der Waals surface area contributed by atoms with Crippen LogP contribution < -0.4 is 5.32 Å². The number of nitrogens with one attached hydrogen (secondary N) is 1. The van der Waals surface area contributed by atoms with Crippen LogP contribution in [0.15, 0.2) is 18.2 Å². The summed E-state index contributed by atoms with van der Waals surface area (Å²) in [6.07, 6.45) is 2.33. The average molecular weight is 262 g/mol. The lowest BCUT2D eigenvalue weighted by molar-refractivity contribution is 0.0699. The lowest BCUT2D eigenvalue weighted by atomic mass is 10.0. The minimum absolute atomic E-state index is 0.729. The molecule has 3 rings (SSSR count). The number of ether oxygens (including phenoxy) is 1. The number of hydrogen-bond donors (Lipinski definition) is 1. The SMILES string of the molecule is Cc1cccc2sc(NCC3CCOCC3)nc12. The van der Waals surface area contributed by atoms with Crippen LogP contribution in [0, 0.1) is 12.8 Å². The van der Waals surface area contributed by atoms with E-state index in [1.807, 2.05) is 0 Å². The minimum Gasteiger partial charge on any atom is -0.381 e. The maximum atomic E-state index is 5.37. The van der Waals surface area contributed by atoms with E-state index in [2.05, 4.69) is 35.4 Å². The van der Waals surface area contributed by atoms with Crippen LogP contribution in [-0.2, 0) is 4.74 Å². The Hall–Kier alpha value is -1.13. The van der Waals surface area contributed by atoms with Crippen molar-refractivity contribution in [2.75, 3.05) is 25.1 Å². The van der Waals surface area contributed by atoms with Crippen molar-refractivity contribution in [2.45, 2.75) is 19.8 Å². The summed E-state index contributed by atoms with van der Waals surface area (Å²) in [6.45, 7) is 4.95. The highest BCUT2D eigenvalue weighted by atomic mass is 32.1. The van der Waals surface area contributed by atoms with Crippen molar-refractivity contribution in [2.24, 2.45) is 5.92 Å². The smallest absolute Gasteiger partial charge is 0.183 e. The molecule has 18 heavy (non-hydrogen) atoms. The monoisotopic (exact) mass is 262 g/mol. The molecule has 4 heteroatoms. The summed E-state index contributed by atoms with van der Waals surface area (Å²) in [5.74, 6) is 0.729. The number of para-hydroxylation sites is 1. The van der Waals surface area contributed by atoms with E-state index in [9.17, 15) is 0 Å². The molecule has 1 fully saturated rings. The summed E-state index contributed by atoms with van der Waals surface area (Å²) in [5, 5.41) is 4.53. The van der Waals surface area contributed by atoms with Crippen LogP contribution in [0.25, 0.3) is 10.2 Å². The zero-order valence-electron chi connectivity index (χ0n) is 10.6. The van der Waals surface area contributed by atoms with Gasteiger partial charge in [0.15, 0.2) is 5.13 Å². The second-order valence-electron chi connectivity index (χ2n) is 4.88. The first-order chi connectivity index (χ1) is 8.83. The first-order valence-corrected chi connectivity index (χ1v) is 7.32. The highest BCUT2D eigenvalue weighted by Crippen LogP contribution is 2.28. The fraction of sp³-hybridized carbons (Fsp3) is 0.500. The molecule has 1 aliphatic rings. The zero-order valence-corrected chi connectivity index (χ0v) is 11.4. The van der Waals surface area contributed by atoms with Crippen molar-refractivity contribution in [3.63, 3.8) is 0 Å². The fourth-order valence-electron chi connectivity index (χ4n) is 2.34. The first kappa shape index (κ1) is 11.9. The lowest BCUT2D eigenvalue weighted by Gasteiger charge is -2.21. The molecule has 1 aromatic heterocycles. The summed E-state index contributed by atoms with van der Waals surface area (Å²) < 4.78 is 6.64. The maximum absolute atomic E-state index is 5.37. The van der Waals surface area contributed by atoms with Crippen molar-refractivity contribution >= 4 is 26.7 Å². The van der Waals surface area contributed by atoms with Crippen molar-refractivity contribution < 1.29 is 4.74 Å². The summed E-state index contributed by atoms with van der Waals surface area (Å²) in [4.78, 5) is 4.67. The molecule has 0 saturated carbocycles. The molecule has 1 N–H and O–H groups in total. The molecular weight excluding hydrogens is 244 g/mol. The molecule has 3 nitrogen and oxygen atoms in total. The number of nitrogens with zero attached hydrogens (tertiary/aromatic N) is 1. The van der Waals surface area contributed by atoms with Crippen LogP contribution in [0.3, 0.4) is 0 Å². The van der Waals surface area contributed by atoms with Gasteiger partial charge in [-0.1, -0.05) is 23.5 Å². The molecule has 0 spiro atoms. The molecule has 1 aromatic carbocycles. The molecule has 2 aromatic rings. The van der Waals surface area contributed by atoms with E-state index in [1.54, 1.807) is 11.3 Å². The predicted octanol–water partition coefficient (Wildman–Crippen LogP) is 3.44. The van der Waals surface area contributed by atoms with Crippen LogP contribution in [0.1, 0.15) is 18.4 Å². The van der Waals surface area contributed by atoms with E-state index in [0.717, 1.165) is 49.2 Å². The summed E-state index contributed by atoms with van der Waals surface area (Å²) >= 11 is 1.75. The molecule has 1 aliphatic heterocycles. The van der Waals surface area contributed by atoms with E-state index >= 15 is 0 Å². The number of thiazole rings is 1. The van der Waals surface area contributed by atoms with Crippen molar-refractivity contribution in [1.82, 2.24) is 4.98 Å². The van der Waals surface area contributed by atoms with Gasteiger partial charge in [-0.25, -0.2) is 4.98 Å². The predicted molar refractivity (Wildman–Crippen MR) is 76.4 cm³/mol. The maximum Gasteiger partial charge on any atom is 0.183 e. The van der Waals surface area contributed by atoms with Gasteiger partial charge in [-0.2, -0.15) is 0 Å². The van der Waals surface area contributed by atoms with Crippen LogP contribution in [0.4, 0.5) is 5.13 Å². The highest BCUT2D eigenvalue weighted by Gasteiger charge is 2.14. The molecular formula is C14H18N2OS. The molecule has 0 unspecified atom stereocenters. The minimum atomic E-state index is 0.729. The number of fused-ring (bicyclic) bond motifs is 1. The van der Waals surface area contributed by atoms with Crippen molar-refractivity contribution in [3.8, 4) is 0 Å². The van der Waals surface area contributed by atoms with E-state index in [-0.39, 0.29) is 0 Å². The molecule has 0 radical (unpaired) electrons. The van der Waals surface area contributed by atoms with Gasteiger partial charge >= 0.3 is 0 Å². The van der Waals surface area contributed by atoms with Crippen LogP contribution in [0.5, 0.6) is 0 Å². The number of aryl methyl sites for hydroxylation is 1. The zero-order chi connectivity index (χ0) is 12.4. The summed E-state index contributed by atoms with van der Waals surface area (Å²) in [7, 11) is 0. The Morgan fingerprint density at radius 2 is 2.22 bits per heavy atom. The molecule has 96 valence electrons. The second kappa shape index (κ2) is 5.24. The lowest BCUT2D eigenvalue weighted by Crippen LogP contribution is -2.22. The average Bonchev–Trinajstić information content (AvgIpc) is 2.82. The van der Waals surface area contributed by atoms with Gasteiger partial charge < -0.3 is 10.1 Å². The number of anilines is 1. The van der Waals surface area contributed by atoms with Gasteiger partial charge in [0.05, 0.1) is 10.2 Å². The highest BCUT2D eigenvalue weighted by molar-refractivity contribution is 7.22. The number of rotatable bonds is 3. The number of benzene rings is 1. The number of aromatic nitrogens is 1. The van der Waals surface area contributed by atoms with Gasteiger partial charge in [0, 0.05) is 19.8 Å². The third kappa shape index (κ3) is 2.49. The van der Waals surface area contributed by atoms with E-state index in [0.29, 0.717) is 0 Å². The largest absolute Gasteiger partial charge is 0.381 e. The Morgan fingerprint density at radius 3 is 3.00 bits per heavy atom. The van der Waals surface area contributed by atoms with Gasteiger partial charge in [0.2, 0.25) is 0 Å². The van der Waals surface area contributed by atoms with Gasteiger partial charge in [0.25, 0.3) is 0 Å².